The van der Waals surface area contributed by atoms with Crippen molar-refractivity contribution in [2.24, 2.45) is 4.99 Å². The molecule has 2 aromatic carbocycles. The third-order valence-corrected chi connectivity index (χ3v) is 6.93. The summed E-state index contributed by atoms with van der Waals surface area (Å²) in [7, 11) is 4.54. The van der Waals surface area contributed by atoms with Crippen LogP contribution in [-0.2, 0) is 22.2 Å². The van der Waals surface area contributed by atoms with Crippen LogP contribution in [0.1, 0.15) is 31.7 Å². The Kier molecular flexibility index (Phi) is 10.5. The summed E-state index contributed by atoms with van der Waals surface area (Å²) in [5.41, 5.74) is 2.00. The number of fused-ring (bicyclic) bond motifs is 4. The third-order valence-electron chi connectivity index (χ3n) is 6.56. The molecule has 3 aromatic rings. The molecule has 0 amide bonds. The van der Waals surface area contributed by atoms with Gasteiger partial charge in [0.2, 0.25) is 5.75 Å². The first-order chi connectivity index (χ1) is 19.1. The topological polar surface area (TPSA) is 142 Å². The Labute approximate surface area is 253 Å². The minimum atomic E-state index is -0.725. The molecule has 215 valence electrons. The van der Waals surface area contributed by atoms with Crippen molar-refractivity contribution in [2.45, 2.75) is 32.3 Å². The average molecular weight is 619 g/mol. The Balaban J connectivity index is 0.000000516. The van der Waals surface area contributed by atoms with Gasteiger partial charge >= 0.3 is 17.4 Å². The number of hydrogen-bond acceptors (Lipinski definition) is 10. The van der Waals surface area contributed by atoms with Crippen molar-refractivity contribution in [3.63, 3.8) is 0 Å². The molecule has 2 aliphatic heterocycles. The Hall–Kier alpha value is -3.49. The first-order valence-electron chi connectivity index (χ1n) is 12.5. The summed E-state index contributed by atoms with van der Waals surface area (Å²) in [5, 5.41) is 38.3. The van der Waals surface area contributed by atoms with Crippen molar-refractivity contribution < 1.29 is 51.7 Å². The molecular weight excluding hydrogens is 590 g/mol. The molecule has 0 saturated carbocycles. The number of ether oxygens (including phenoxy) is 3. The summed E-state index contributed by atoms with van der Waals surface area (Å²) in [4.78, 5) is 20.4. The summed E-state index contributed by atoms with van der Waals surface area (Å²) < 4.78 is 16.3. The molecular formula is C29H29ClCrN3O7. The number of allylic oxidation sites excluding steroid dienone is 1. The molecule has 0 aliphatic carbocycles. The summed E-state index contributed by atoms with van der Waals surface area (Å²) in [6, 6.07) is 6.82. The van der Waals surface area contributed by atoms with Crippen LogP contribution in [0.4, 0.5) is 5.69 Å². The predicted molar refractivity (Wildman–Crippen MR) is 145 cm³/mol. The zero-order valence-corrected chi connectivity index (χ0v) is 25.3. The van der Waals surface area contributed by atoms with Gasteiger partial charge < -0.3 is 39.2 Å². The molecule has 1 radical (unpaired) electrons. The van der Waals surface area contributed by atoms with Gasteiger partial charge in [0.1, 0.15) is 11.1 Å². The fraction of sp³-hybridized carbons (Fsp3) is 0.345. The quantitative estimate of drug-likeness (QED) is 0.278. The van der Waals surface area contributed by atoms with Crippen LogP contribution in [0.3, 0.4) is 0 Å². The van der Waals surface area contributed by atoms with Crippen molar-refractivity contribution in [1.82, 2.24) is 4.98 Å². The van der Waals surface area contributed by atoms with E-state index in [4.69, 9.17) is 25.8 Å². The van der Waals surface area contributed by atoms with Crippen LogP contribution in [0, 0.1) is 0 Å². The molecule has 5 rings (SSSR count). The van der Waals surface area contributed by atoms with E-state index in [1.807, 2.05) is 6.07 Å². The van der Waals surface area contributed by atoms with Crippen LogP contribution in [0.25, 0.3) is 17.0 Å². The van der Waals surface area contributed by atoms with Crippen molar-refractivity contribution >= 4 is 40.1 Å². The van der Waals surface area contributed by atoms with E-state index in [1.165, 1.54) is 41.2 Å². The van der Waals surface area contributed by atoms with Crippen molar-refractivity contribution in [3.05, 3.63) is 58.2 Å². The number of aromatic nitrogens is 1. The van der Waals surface area contributed by atoms with Gasteiger partial charge in [0.25, 0.3) is 0 Å². The predicted octanol–water partition coefficient (Wildman–Crippen LogP) is 0.832. The van der Waals surface area contributed by atoms with Crippen LogP contribution in [0.5, 0.6) is 23.0 Å². The second kappa shape index (κ2) is 13.4. The Morgan fingerprint density at radius 2 is 1.90 bits per heavy atom. The van der Waals surface area contributed by atoms with Crippen LogP contribution in [-0.4, -0.2) is 50.6 Å². The number of carbonyl (C=O) groups excluding carboxylic acids is 1. The minimum Gasteiger partial charge on any atom is -0.871 e. The van der Waals surface area contributed by atoms with Gasteiger partial charge in [-0.05, 0) is 49.1 Å². The maximum absolute atomic E-state index is 13.6. The van der Waals surface area contributed by atoms with Gasteiger partial charge in [0.15, 0.2) is 11.5 Å². The molecule has 10 nitrogen and oxygen atoms in total. The average Bonchev–Trinajstić information content (AvgIpc) is 3.52. The normalized spacial score (nSPS) is 16.7. The summed E-state index contributed by atoms with van der Waals surface area (Å²) >= 11 is 6.27. The molecule has 12 heteroatoms. The maximum atomic E-state index is 13.6. The number of methoxy groups -OCH3 is 3. The van der Waals surface area contributed by atoms with Gasteiger partial charge in [0.05, 0.1) is 32.5 Å². The summed E-state index contributed by atoms with van der Waals surface area (Å²) in [5.74, 6) is 0.823. The number of ketones is 1. The van der Waals surface area contributed by atoms with E-state index in [2.05, 4.69) is 9.98 Å². The molecule has 41 heavy (non-hydrogen) atoms. The fourth-order valence-corrected chi connectivity index (χ4v) is 5.20. The minimum absolute atomic E-state index is 0. The van der Waals surface area contributed by atoms with Crippen molar-refractivity contribution in [3.8, 4) is 23.0 Å². The van der Waals surface area contributed by atoms with Crippen LogP contribution < -0.4 is 45.0 Å². The molecule has 0 N–H and O–H groups in total. The second-order valence-corrected chi connectivity index (χ2v) is 9.72. The molecule has 0 saturated heterocycles. The van der Waals surface area contributed by atoms with Crippen LogP contribution in [0.15, 0.2) is 47.0 Å². The van der Waals surface area contributed by atoms with Gasteiger partial charge in [-0.1, -0.05) is 18.7 Å². The molecule has 0 bridgehead atoms. The maximum Gasteiger partial charge on any atom is 3.00 e. The largest absolute Gasteiger partial charge is 3.00 e. The van der Waals surface area contributed by atoms with Crippen LogP contribution >= 0.6 is 11.6 Å². The van der Waals surface area contributed by atoms with Crippen molar-refractivity contribution in [1.29, 1.82) is 0 Å². The first-order valence-corrected chi connectivity index (χ1v) is 13.1. The first kappa shape index (κ1) is 32.0. The monoisotopic (exact) mass is 618 g/mol. The Morgan fingerprint density at radius 1 is 1.20 bits per heavy atom. The number of hydrogen-bond donors (Lipinski definition) is 0. The molecule has 1 aromatic heterocycles. The number of nitrogens with zero attached hydrogens (tertiary/aromatic N) is 3. The summed E-state index contributed by atoms with van der Waals surface area (Å²) in [6.45, 7) is 3.26. The molecule has 2 atom stereocenters. The number of alkyl halides is 1. The zero-order chi connectivity index (χ0) is 29.1. The Bertz CT molecular complexity index is 1610. The van der Waals surface area contributed by atoms with E-state index in [0.717, 1.165) is 10.9 Å². The van der Waals surface area contributed by atoms with E-state index in [1.54, 1.807) is 29.3 Å². The third kappa shape index (κ3) is 6.24. The van der Waals surface area contributed by atoms with Gasteiger partial charge in [-0.15, -0.1) is 17.7 Å². The smallest absolute Gasteiger partial charge is 0.871 e. The number of halogens is 1. The summed E-state index contributed by atoms with van der Waals surface area (Å²) in [6.07, 6.45) is 2.70. The van der Waals surface area contributed by atoms with E-state index in [9.17, 15) is 20.1 Å². The van der Waals surface area contributed by atoms with E-state index >= 15 is 0 Å². The van der Waals surface area contributed by atoms with Gasteiger partial charge in [-0.25, -0.2) is 4.99 Å². The van der Waals surface area contributed by atoms with Gasteiger partial charge in [-0.3, -0.25) is 4.98 Å². The van der Waals surface area contributed by atoms with Crippen molar-refractivity contribution in [2.75, 3.05) is 38.7 Å². The SMILES string of the molecule is CC(=O)CC(C)[O-].COc1cc2c(c(OC)c1OC)=N/C(=C(\[O-])N1CC(CCl)c3c1cc([O-])c1ncccc31)C=2.[Cr+3]. The number of anilines is 1. The number of Topliss-reactive ketones (excluding diaryl/α,β-unsaturated/α-hetero) is 1. The number of pyridine rings is 1. The number of benzene rings is 2. The van der Waals surface area contributed by atoms with E-state index in [0.29, 0.717) is 51.5 Å². The number of carbonyl (C=O) groups is 1. The second-order valence-electron chi connectivity index (χ2n) is 9.42. The molecule has 2 unspecified atom stereocenters. The van der Waals surface area contributed by atoms with E-state index < -0.39 is 6.10 Å². The number of rotatable bonds is 7. The molecule has 3 heterocycles. The standard InChI is InChI=1S/C24H22ClN3O5.C5H9O2.Cr/c1-31-18-8-12-7-15(27-20(12)23(33-3)22(18)32-2)24(30)28-11-13(10-25)19-14-5-4-6-26-21(14)17(29)9-16(19)28;1-4(6)3-5(2)7;/h4-9,13,29-30H,10-11H2,1-3H3;4H,3H2,1-2H3;/q;-1;+3/p-2/b24-15-;;. The molecule has 2 aliphatic rings. The molecule has 0 spiro atoms. The zero-order valence-electron chi connectivity index (χ0n) is 23.2. The van der Waals surface area contributed by atoms with E-state index in [-0.39, 0.29) is 52.8 Å². The molecule has 0 fully saturated rings. The van der Waals surface area contributed by atoms with Crippen LogP contribution in [0.2, 0.25) is 0 Å². The van der Waals surface area contributed by atoms with Gasteiger partial charge in [-0.2, -0.15) is 0 Å². The fourth-order valence-electron chi connectivity index (χ4n) is 4.95. The van der Waals surface area contributed by atoms with Gasteiger partial charge in [0, 0.05) is 40.8 Å². The Morgan fingerprint density at radius 3 is 2.46 bits per heavy atom.